The summed E-state index contributed by atoms with van der Waals surface area (Å²) in [4.78, 5) is 50.8. The van der Waals surface area contributed by atoms with E-state index in [1.165, 1.54) is 12.1 Å². The lowest BCUT2D eigenvalue weighted by molar-refractivity contribution is -0.136. The first-order valence-electron chi connectivity index (χ1n) is 8.82. The van der Waals surface area contributed by atoms with Crippen molar-refractivity contribution in [3.63, 3.8) is 0 Å². The molecular weight excluding hydrogens is 442 g/mol. The average molecular weight is 455 g/mol. The minimum Gasteiger partial charge on any atom is -0.507 e. The number of nitrogens with one attached hydrogen (secondary N) is 1. The van der Waals surface area contributed by atoms with Crippen LogP contribution in [-0.2, 0) is 14.4 Å². The molecule has 1 saturated heterocycles. The number of hydrogen-bond donors (Lipinski definition) is 3. The minimum atomic E-state index is -1.20. The summed E-state index contributed by atoms with van der Waals surface area (Å²) in [5.41, 5.74) is 3.08. The van der Waals surface area contributed by atoms with E-state index in [4.69, 9.17) is 17.3 Å². The second-order valence-corrected chi connectivity index (χ2v) is 8.12. The van der Waals surface area contributed by atoms with Gasteiger partial charge in [-0.1, -0.05) is 42.1 Å². The number of thioether (sulfide) groups is 1. The van der Waals surface area contributed by atoms with Crippen molar-refractivity contribution in [3.05, 3.63) is 64.6 Å². The van der Waals surface area contributed by atoms with E-state index in [-0.39, 0.29) is 26.1 Å². The van der Waals surface area contributed by atoms with Crippen LogP contribution < -0.4 is 10.3 Å². The van der Waals surface area contributed by atoms with E-state index in [2.05, 4.69) is 5.43 Å². The highest BCUT2D eigenvalue weighted by molar-refractivity contribution is 8.26. The van der Waals surface area contributed by atoms with E-state index >= 15 is 0 Å². The fourth-order valence-electron chi connectivity index (χ4n) is 3.23. The quantitative estimate of drug-likeness (QED) is 0.470. The lowest BCUT2D eigenvalue weighted by Crippen LogP contribution is -2.45. The summed E-state index contributed by atoms with van der Waals surface area (Å²) in [5.74, 6) is -3.60. The number of carbonyl (C=O) groups is 4. The molecule has 4 rings (SSSR count). The number of carbonyl (C=O) groups excluding carboxylic acids is 3. The first-order valence-corrected chi connectivity index (χ1v) is 10.0. The number of phenols is 1. The summed E-state index contributed by atoms with van der Waals surface area (Å²) in [6.45, 7) is -0.566. The van der Waals surface area contributed by atoms with E-state index < -0.39 is 30.2 Å². The molecule has 156 valence electrons. The van der Waals surface area contributed by atoms with Crippen LogP contribution in [0.3, 0.4) is 0 Å². The molecule has 0 bridgehead atoms. The second-order valence-electron chi connectivity index (χ2n) is 6.47. The van der Waals surface area contributed by atoms with E-state index in [0.29, 0.717) is 11.3 Å². The number of fused-ring (bicyclic) bond motifs is 1. The van der Waals surface area contributed by atoms with Crippen LogP contribution in [0, 0.1) is 0 Å². The van der Waals surface area contributed by atoms with Crippen LogP contribution in [0.1, 0.15) is 15.9 Å². The zero-order chi connectivity index (χ0) is 22.3. The fourth-order valence-corrected chi connectivity index (χ4v) is 4.49. The predicted molar refractivity (Wildman–Crippen MR) is 116 cm³/mol. The van der Waals surface area contributed by atoms with Crippen molar-refractivity contribution in [2.24, 2.45) is 0 Å². The Morgan fingerprint density at radius 2 is 1.71 bits per heavy atom. The Morgan fingerprint density at radius 1 is 1.03 bits per heavy atom. The minimum absolute atomic E-state index is 0.0155. The molecule has 11 heteroatoms. The maximum absolute atomic E-state index is 13.0. The summed E-state index contributed by atoms with van der Waals surface area (Å²) < 4.78 is -0.0155. The summed E-state index contributed by atoms with van der Waals surface area (Å²) in [5, 5.41) is 19.8. The van der Waals surface area contributed by atoms with Crippen molar-refractivity contribution in [1.82, 2.24) is 10.4 Å². The Balaban J connectivity index is 1.69. The van der Waals surface area contributed by atoms with Crippen molar-refractivity contribution in [2.45, 2.75) is 0 Å². The second kappa shape index (κ2) is 7.85. The zero-order valence-corrected chi connectivity index (χ0v) is 17.2. The number of anilines is 1. The summed E-state index contributed by atoms with van der Waals surface area (Å²) in [6, 6.07) is 12.3. The van der Waals surface area contributed by atoms with E-state index in [9.17, 15) is 24.3 Å². The molecule has 2 aromatic carbocycles. The molecule has 3 amide bonds. The Labute approximate surface area is 184 Å². The van der Waals surface area contributed by atoms with Gasteiger partial charge in [0.05, 0.1) is 21.7 Å². The number of rotatable bonds is 4. The third-order valence-electron chi connectivity index (χ3n) is 4.57. The normalized spacial score (nSPS) is 17.9. The molecule has 0 aliphatic carbocycles. The molecule has 0 spiro atoms. The molecule has 0 saturated carbocycles. The standard InChI is InChI=1S/C20H13N3O6S2/c24-13-8-4-2-6-11(13)17(27)21-23-19(29)16(31-20(23)30)15-10-5-1-3-7-12(10)22(18(15)28)9-14(25)26/h1-8,24H,9H2,(H,21,27)(H,25,26)/b16-15+. The van der Waals surface area contributed by atoms with Crippen molar-refractivity contribution < 1.29 is 29.4 Å². The molecule has 2 heterocycles. The van der Waals surface area contributed by atoms with Gasteiger partial charge in [-0.3, -0.25) is 29.5 Å². The van der Waals surface area contributed by atoms with Crippen LogP contribution in [0.4, 0.5) is 5.69 Å². The zero-order valence-electron chi connectivity index (χ0n) is 15.6. The topological polar surface area (TPSA) is 127 Å². The molecule has 0 radical (unpaired) electrons. The molecule has 2 aromatic rings. The van der Waals surface area contributed by atoms with Crippen LogP contribution in [0.15, 0.2) is 53.4 Å². The highest BCUT2D eigenvalue weighted by atomic mass is 32.2. The Morgan fingerprint density at radius 3 is 2.42 bits per heavy atom. The van der Waals surface area contributed by atoms with Gasteiger partial charge in [0.25, 0.3) is 17.7 Å². The maximum Gasteiger partial charge on any atom is 0.323 e. The average Bonchev–Trinajstić information content (AvgIpc) is 3.16. The van der Waals surface area contributed by atoms with Gasteiger partial charge in [0.1, 0.15) is 12.3 Å². The molecule has 9 nitrogen and oxygen atoms in total. The fraction of sp³-hybridized carbons (Fsp3) is 0.0500. The van der Waals surface area contributed by atoms with E-state index in [1.54, 1.807) is 36.4 Å². The van der Waals surface area contributed by atoms with Gasteiger partial charge in [0.15, 0.2) is 4.32 Å². The van der Waals surface area contributed by atoms with Gasteiger partial charge in [0.2, 0.25) is 0 Å². The van der Waals surface area contributed by atoms with E-state index in [0.717, 1.165) is 21.7 Å². The number of aromatic hydroxyl groups is 1. The lowest BCUT2D eigenvalue weighted by atomic mass is 10.1. The van der Waals surface area contributed by atoms with Gasteiger partial charge < -0.3 is 10.2 Å². The van der Waals surface area contributed by atoms with Gasteiger partial charge >= 0.3 is 5.97 Å². The monoisotopic (exact) mass is 455 g/mol. The SMILES string of the molecule is O=C(O)CN1C(=O)/C(=C2/SC(=S)N(NC(=O)c3ccccc3O)C2=O)c2ccccc21. The van der Waals surface area contributed by atoms with Crippen LogP contribution in [0.5, 0.6) is 5.75 Å². The van der Waals surface area contributed by atoms with Gasteiger partial charge in [0, 0.05) is 5.56 Å². The van der Waals surface area contributed by atoms with E-state index in [1.807, 2.05) is 0 Å². The first kappa shape index (κ1) is 20.6. The number of hydrazine groups is 1. The molecular formula is C20H13N3O6S2. The highest BCUT2D eigenvalue weighted by Crippen LogP contribution is 2.44. The van der Waals surface area contributed by atoms with Crippen LogP contribution in [0.25, 0.3) is 5.57 Å². The van der Waals surface area contributed by atoms with Crippen molar-refractivity contribution in [2.75, 3.05) is 11.4 Å². The summed E-state index contributed by atoms with van der Waals surface area (Å²) in [6.07, 6.45) is 0. The number of carboxylic acids is 1. The number of amides is 3. The molecule has 2 aliphatic heterocycles. The highest BCUT2D eigenvalue weighted by Gasteiger charge is 2.43. The molecule has 1 fully saturated rings. The largest absolute Gasteiger partial charge is 0.507 e. The van der Waals surface area contributed by atoms with Gasteiger partial charge in [-0.05, 0) is 30.4 Å². The molecule has 3 N–H and O–H groups in total. The number of benzene rings is 2. The summed E-state index contributed by atoms with van der Waals surface area (Å²) >= 11 is 6.03. The summed E-state index contributed by atoms with van der Waals surface area (Å²) in [7, 11) is 0. The Bertz CT molecular complexity index is 1210. The van der Waals surface area contributed by atoms with Gasteiger partial charge in [-0.2, -0.15) is 5.01 Å². The van der Waals surface area contributed by atoms with Gasteiger partial charge in [-0.25, -0.2) is 0 Å². The van der Waals surface area contributed by atoms with Crippen molar-refractivity contribution in [1.29, 1.82) is 0 Å². The Hall–Kier alpha value is -3.70. The number of aliphatic carboxylic acids is 1. The lowest BCUT2D eigenvalue weighted by Gasteiger charge is -2.16. The number of thiocarbonyl (C=S) groups is 1. The molecule has 0 aromatic heterocycles. The molecule has 31 heavy (non-hydrogen) atoms. The molecule has 0 atom stereocenters. The van der Waals surface area contributed by atoms with Gasteiger partial charge in [-0.15, -0.1) is 0 Å². The van der Waals surface area contributed by atoms with Crippen LogP contribution in [-0.4, -0.2) is 49.8 Å². The smallest absolute Gasteiger partial charge is 0.323 e. The van der Waals surface area contributed by atoms with Crippen LogP contribution >= 0.6 is 24.0 Å². The number of nitrogens with zero attached hydrogens (tertiary/aromatic N) is 2. The third-order valence-corrected chi connectivity index (χ3v) is 5.95. The number of para-hydroxylation sites is 2. The predicted octanol–water partition coefficient (Wildman–Crippen LogP) is 1.74. The third kappa shape index (κ3) is 3.53. The Kier molecular flexibility index (Phi) is 5.21. The first-order chi connectivity index (χ1) is 14.8. The number of phenolic OH excluding ortho intramolecular Hbond substituents is 1. The van der Waals surface area contributed by atoms with Crippen molar-refractivity contribution in [3.8, 4) is 5.75 Å². The van der Waals surface area contributed by atoms with Crippen LogP contribution in [0.2, 0.25) is 0 Å². The van der Waals surface area contributed by atoms with Crippen molar-refractivity contribution >= 4 is 63.3 Å². The molecule has 0 unspecified atom stereocenters. The molecule has 2 aliphatic rings. The number of hydrogen-bond acceptors (Lipinski definition) is 7. The maximum atomic E-state index is 13.0. The number of carboxylic acid groups (broad SMARTS) is 1.